The lowest BCUT2D eigenvalue weighted by Crippen LogP contribution is -1.91. The van der Waals surface area contributed by atoms with E-state index in [2.05, 4.69) is 115 Å². The Morgan fingerprint density at radius 2 is 1.12 bits per heavy atom. The highest BCUT2D eigenvalue weighted by molar-refractivity contribution is 6.27. The van der Waals surface area contributed by atoms with Crippen molar-refractivity contribution in [2.24, 2.45) is 0 Å². The summed E-state index contributed by atoms with van der Waals surface area (Å²) in [4.78, 5) is 0. The van der Waals surface area contributed by atoms with Gasteiger partial charge in [-0.1, -0.05) is 97.1 Å². The summed E-state index contributed by atoms with van der Waals surface area (Å²) in [5, 5.41) is 10.7. The van der Waals surface area contributed by atoms with Crippen LogP contribution in [0.5, 0.6) is 0 Å². The number of hydrogen-bond acceptors (Lipinski definition) is 2. The van der Waals surface area contributed by atoms with Crippen LogP contribution in [0.15, 0.2) is 142 Å². The Balaban J connectivity index is 1.44. The van der Waals surface area contributed by atoms with Gasteiger partial charge in [-0.2, -0.15) is 0 Å². The van der Waals surface area contributed by atoms with Gasteiger partial charge in [0.15, 0.2) is 0 Å². The fourth-order valence-electron chi connectivity index (χ4n) is 6.61. The van der Waals surface area contributed by atoms with Gasteiger partial charge in [-0.3, -0.25) is 0 Å². The maximum absolute atomic E-state index is 6.48. The van der Waals surface area contributed by atoms with Gasteiger partial charge >= 0.3 is 0 Å². The molecule has 9 rings (SSSR count). The van der Waals surface area contributed by atoms with E-state index >= 15 is 0 Å². The first-order chi connectivity index (χ1) is 19.8. The Bertz CT molecular complexity index is 2380. The molecule has 2 aromatic heterocycles. The first-order valence-corrected chi connectivity index (χ1v) is 13.6. The second kappa shape index (κ2) is 8.08. The zero-order valence-corrected chi connectivity index (χ0v) is 21.5. The summed E-state index contributed by atoms with van der Waals surface area (Å²) < 4.78 is 12.2. The third kappa shape index (κ3) is 2.93. The van der Waals surface area contributed by atoms with Crippen LogP contribution >= 0.6 is 0 Å². The molecule has 9 aromatic rings. The average Bonchev–Trinajstić information content (AvgIpc) is 3.64. The van der Waals surface area contributed by atoms with E-state index in [0.29, 0.717) is 0 Å². The molecule has 2 heterocycles. The maximum atomic E-state index is 6.48. The lowest BCUT2D eigenvalue weighted by molar-refractivity contribution is 0.615. The van der Waals surface area contributed by atoms with E-state index in [0.717, 1.165) is 32.9 Å². The van der Waals surface area contributed by atoms with Gasteiger partial charge < -0.3 is 8.83 Å². The van der Waals surface area contributed by atoms with Crippen LogP contribution in [0.2, 0.25) is 0 Å². The molecule has 0 N–H and O–H groups in total. The van der Waals surface area contributed by atoms with Crippen molar-refractivity contribution in [2.75, 3.05) is 0 Å². The minimum atomic E-state index is 0.837. The number of fused-ring (bicyclic) bond motifs is 8. The fraction of sp³-hybridized carbons (Fsp3) is 0. The molecule has 7 aromatic carbocycles. The Morgan fingerprint density at radius 1 is 0.425 bits per heavy atom. The van der Waals surface area contributed by atoms with Crippen LogP contribution in [0.1, 0.15) is 0 Å². The molecule has 0 aliphatic rings. The molecule has 0 aliphatic heterocycles. The van der Waals surface area contributed by atoms with E-state index in [1.807, 2.05) is 12.1 Å². The molecule has 0 radical (unpaired) electrons. The number of furan rings is 2. The van der Waals surface area contributed by atoms with Crippen molar-refractivity contribution in [2.45, 2.75) is 0 Å². The summed E-state index contributed by atoms with van der Waals surface area (Å²) >= 11 is 0. The molecule has 0 amide bonds. The van der Waals surface area contributed by atoms with Crippen molar-refractivity contribution in [1.82, 2.24) is 0 Å². The largest absolute Gasteiger partial charge is 0.464 e. The van der Waals surface area contributed by atoms with Crippen molar-refractivity contribution in [3.63, 3.8) is 0 Å². The van der Waals surface area contributed by atoms with E-state index in [-0.39, 0.29) is 0 Å². The van der Waals surface area contributed by atoms with E-state index in [4.69, 9.17) is 8.83 Å². The minimum absolute atomic E-state index is 0.837. The number of benzene rings is 7. The first kappa shape index (κ1) is 21.6. The van der Waals surface area contributed by atoms with Crippen LogP contribution in [0.3, 0.4) is 0 Å². The lowest BCUT2D eigenvalue weighted by Gasteiger charge is -2.18. The first-order valence-electron chi connectivity index (χ1n) is 13.6. The zero-order chi connectivity index (χ0) is 26.2. The van der Waals surface area contributed by atoms with Gasteiger partial charge in [-0.25, -0.2) is 0 Å². The fourth-order valence-corrected chi connectivity index (χ4v) is 6.61. The predicted molar refractivity (Wildman–Crippen MR) is 167 cm³/mol. The van der Waals surface area contributed by atoms with Crippen LogP contribution in [-0.4, -0.2) is 0 Å². The molecule has 0 spiro atoms. The summed E-state index contributed by atoms with van der Waals surface area (Å²) in [6.07, 6.45) is 1.73. The summed E-state index contributed by atoms with van der Waals surface area (Å²) in [6, 6.07) is 45.6. The maximum Gasteiger partial charge on any atom is 0.146 e. The van der Waals surface area contributed by atoms with Crippen LogP contribution in [0.25, 0.3) is 87.5 Å². The lowest BCUT2D eigenvalue weighted by atomic mass is 9.84. The molecule has 0 saturated carbocycles. The summed E-state index contributed by atoms with van der Waals surface area (Å²) in [5.74, 6) is 0. The SMILES string of the molecule is c1ccc2cc(-c3c4ccccc4c(-c4cccc5oc6c7ccoc7ccc6c45)c4ccccc34)ccc2c1. The molecule has 0 atom stereocenters. The van der Waals surface area contributed by atoms with E-state index < -0.39 is 0 Å². The highest BCUT2D eigenvalue weighted by Crippen LogP contribution is 2.47. The summed E-state index contributed by atoms with van der Waals surface area (Å²) in [7, 11) is 0. The van der Waals surface area contributed by atoms with E-state index in [1.165, 1.54) is 54.6 Å². The van der Waals surface area contributed by atoms with Crippen LogP contribution in [0, 0.1) is 0 Å². The quantitative estimate of drug-likeness (QED) is 0.216. The number of rotatable bonds is 2. The third-order valence-electron chi connectivity index (χ3n) is 8.33. The normalized spacial score (nSPS) is 12.0. The highest BCUT2D eigenvalue weighted by Gasteiger charge is 2.21. The predicted octanol–water partition coefficient (Wildman–Crippen LogP) is 11.1. The Labute approximate surface area is 229 Å². The molecule has 0 saturated heterocycles. The van der Waals surface area contributed by atoms with Crippen molar-refractivity contribution in [3.8, 4) is 22.3 Å². The average molecular weight is 511 g/mol. The molecule has 2 nitrogen and oxygen atoms in total. The highest BCUT2D eigenvalue weighted by atomic mass is 16.3. The summed E-state index contributed by atoms with van der Waals surface area (Å²) in [6.45, 7) is 0. The molecule has 40 heavy (non-hydrogen) atoms. The topological polar surface area (TPSA) is 26.3 Å². The molecule has 0 bridgehead atoms. The van der Waals surface area contributed by atoms with Crippen molar-refractivity contribution in [1.29, 1.82) is 0 Å². The van der Waals surface area contributed by atoms with E-state index in [9.17, 15) is 0 Å². The van der Waals surface area contributed by atoms with Crippen LogP contribution in [-0.2, 0) is 0 Å². The van der Waals surface area contributed by atoms with Crippen molar-refractivity contribution in [3.05, 3.63) is 134 Å². The van der Waals surface area contributed by atoms with Crippen LogP contribution in [0.4, 0.5) is 0 Å². The van der Waals surface area contributed by atoms with E-state index in [1.54, 1.807) is 6.26 Å². The molecular weight excluding hydrogens is 488 g/mol. The molecular formula is C38H22O2. The Hall–Kier alpha value is -5.34. The molecule has 2 heteroatoms. The molecule has 0 unspecified atom stereocenters. The van der Waals surface area contributed by atoms with Gasteiger partial charge in [0.1, 0.15) is 16.7 Å². The van der Waals surface area contributed by atoms with Gasteiger partial charge in [0.2, 0.25) is 0 Å². The van der Waals surface area contributed by atoms with Crippen LogP contribution < -0.4 is 0 Å². The van der Waals surface area contributed by atoms with Crippen molar-refractivity contribution < 1.29 is 8.83 Å². The van der Waals surface area contributed by atoms with Gasteiger partial charge in [0.25, 0.3) is 0 Å². The zero-order valence-electron chi connectivity index (χ0n) is 21.5. The second-order valence-electron chi connectivity index (χ2n) is 10.5. The Kier molecular flexibility index (Phi) is 4.36. The monoisotopic (exact) mass is 510 g/mol. The summed E-state index contributed by atoms with van der Waals surface area (Å²) in [5.41, 5.74) is 7.50. The van der Waals surface area contributed by atoms with Gasteiger partial charge in [0, 0.05) is 10.8 Å². The smallest absolute Gasteiger partial charge is 0.146 e. The van der Waals surface area contributed by atoms with Gasteiger partial charge in [-0.05, 0) is 84.9 Å². The standard InChI is InChI=1S/C38H22O2/c1-2-9-24-22-25(17-16-23(24)8-1)35-26-10-3-5-12-28(26)36(29-13-6-4-11-27(29)35)31-14-7-15-34-37(31)32-18-19-33-30(20-21-39-33)38(32)40-34/h1-22H. The Morgan fingerprint density at radius 3 is 1.90 bits per heavy atom. The third-order valence-corrected chi connectivity index (χ3v) is 8.33. The number of hydrogen-bond donors (Lipinski definition) is 0. The molecule has 0 aliphatic carbocycles. The molecule has 186 valence electrons. The minimum Gasteiger partial charge on any atom is -0.464 e. The molecule has 0 fully saturated rings. The van der Waals surface area contributed by atoms with Gasteiger partial charge in [-0.15, -0.1) is 0 Å². The second-order valence-corrected chi connectivity index (χ2v) is 10.5. The van der Waals surface area contributed by atoms with Crippen molar-refractivity contribution >= 4 is 65.2 Å². The van der Waals surface area contributed by atoms with Gasteiger partial charge in [0.05, 0.1) is 11.6 Å².